The molecule has 0 unspecified atom stereocenters. The molecule has 0 bridgehead atoms. The molecule has 1 aromatic rings. The van der Waals surface area contributed by atoms with Gasteiger partial charge in [0, 0.05) is 31.1 Å². The number of nitrogens with one attached hydrogen (secondary N) is 1. The standard InChI is InChI=1S/C10H15N3O2/c1-10(2-6-15-7-3-10)12-9(14)13-5-4-11-8-13/h4-5,8H,2-3,6-7H2,1H3,(H,12,14). The Morgan fingerprint density at radius 3 is 2.87 bits per heavy atom. The van der Waals surface area contributed by atoms with Crippen molar-refractivity contribution in [2.24, 2.45) is 0 Å². The topological polar surface area (TPSA) is 56.2 Å². The van der Waals surface area contributed by atoms with E-state index in [0.717, 1.165) is 12.8 Å². The monoisotopic (exact) mass is 209 g/mol. The van der Waals surface area contributed by atoms with Gasteiger partial charge in [0.05, 0.1) is 0 Å². The first-order valence-electron chi connectivity index (χ1n) is 5.08. The lowest BCUT2D eigenvalue weighted by Crippen LogP contribution is -2.50. The third-order valence-corrected chi connectivity index (χ3v) is 2.74. The maximum atomic E-state index is 11.8. The second-order valence-electron chi connectivity index (χ2n) is 4.07. The van der Waals surface area contributed by atoms with Crippen molar-refractivity contribution in [1.29, 1.82) is 0 Å². The second-order valence-corrected chi connectivity index (χ2v) is 4.07. The summed E-state index contributed by atoms with van der Waals surface area (Å²) < 4.78 is 6.71. The van der Waals surface area contributed by atoms with E-state index in [1.54, 1.807) is 12.4 Å². The number of rotatable bonds is 1. The van der Waals surface area contributed by atoms with Crippen LogP contribution in [-0.2, 0) is 4.74 Å². The zero-order chi connectivity index (χ0) is 10.7. The molecule has 1 aliphatic heterocycles. The molecule has 5 heteroatoms. The highest BCUT2D eigenvalue weighted by Crippen LogP contribution is 2.19. The first kappa shape index (κ1) is 10.2. The van der Waals surface area contributed by atoms with Crippen LogP contribution >= 0.6 is 0 Å². The Morgan fingerprint density at radius 1 is 1.53 bits per heavy atom. The second kappa shape index (κ2) is 4.02. The van der Waals surface area contributed by atoms with Crippen molar-refractivity contribution in [3.63, 3.8) is 0 Å². The smallest absolute Gasteiger partial charge is 0.327 e. The molecule has 2 rings (SSSR count). The van der Waals surface area contributed by atoms with Crippen LogP contribution in [0.1, 0.15) is 19.8 Å². The zero-order valence-electron chi connectivity index (χ0n) is 8.77. The Labute approximate surface area is 88.4 Å². The van der Waals surface area contributed by atoms with Crippen LogP contribution in [0.3, 0.4) is 0 Å². The van der Waals surface area contributed by atoms with Crippen molar-refractivity contribution >= 4 is 6.03 Å². The maximum Gasteiger partial charge on any atom is 0.327 e. The minimum atomic E-state index is -0.153. The van der Waals surface area contributed by atoms with Crippen molar-refractivity contribution in [2.45, 2.75) is 25.3 Å². The van der Waals surface area contributed by atoms with Gasteiger partial charge in [-0.15, -0.1) is 0 Å². The van der Waals surface area contributed by atoms with Gasteiger partial charge in [0.15, 0.2) is 0 Å². The summed E-state index contributed by atoms with van der Waals surface area (Å²) in [6.45, 7) is 3.46. The van der Waals surface area contributed by atoms with E-state index in [0.29, 0.717) is 13.2 Å². The number of ether oxygens (including phenoxy) is 1. The molecule has 1 amide bonds. The van der Waals surface area contributed by atoms with Gasteiger partial charge in [0.2, 0.25) is 0 Å². The number of aromatic nitrogens is 2. The minimum absolute atomic E-state index is 0.128. The number of carbonyl (C=O) groups is 1. The molecule has 1 fully saturated rings. The Balaban J connectivity index is 1.98. The zero-order valence-corrected chi connectivity index (χ0v) is 8.77. The van der Waals surface area contributed by atoms with E-state index in [1.165, 1.54) is 10.9 Å². The van der Waals surface area contributed by atoms with Crippen LogP contribution in [0.15, 0.2) is 18.7 Å². The van der Waals surface area contributed by atoms with Crippen molar-refractivity contribution in [3.8, 4) is 0 Å². The van der Waals surface area contributed by atoms with Crippen LogP contribution in [0.5, 0.6) is 0 Å². The van der Waals surface area contributed by atoms with E-state index in [9.17, 15) is 4.79 Å². The van der Waals surface area contributed by atoms with Crippen LogP contribution in [-0.4, -0.2) is 34.3 Å². The van der Waals surface area contributed by atoms with Gasteiger partial charge in [-0.25, -0.2) is 9.78 Å². The van der Waals surface area contributed by atoms with Gasteiger partial charge in [0.25, 0.3) is 0 Å². The highest BCUT2D eigenvalue weighted by Gasteiger charge is 2.29. The normalized spacial score (nSPS) is 19.8. The molecule has 15 heavy (non-hydrogen) atoms. The molecule has 5 nitrogen and oxygen atoms in total. The number of hydrogen-bond acceptors (Lipinski definition) is 3. The van der Waals surface area contributed by atoms with Crippen LogP contribution in [0.2, 0.25) is 0 Å². The Morgan fingerprint density at radius 2 is 2.27 bits per heavy atom. The molecule has 0 aliphatic carbocycles. The maximum absolute atomic E-state index is 11.8. The molecule has 0 saturated carbocycles. The molecule has 1 saturated heterocycles. The number of imidazole rings is 1. The predicted molar refractivity (Wildman–Crippen MR) is 54.6 cm³/mol. The number of nitrogens with zero attached hydrogens (tertiary/aromatic N) is 2. The molecule has 0 spiro atoms. The quantitative estimate of drug-likeness (QED) is 0.751. The average molecular weight is 209 g/mol. The van der Waals surface area contributed by atoms with Crippen molar-refractivity contribution in [2.75, 3.05) is 13.2 Å². The summed E-state index contributed by atoms with van der Waals surface area (Å²) in [5.41, 5.74) is -0.153. The minimum Gasteiger partial charge on any atom is -0.381 e. The first-order valence-corrected chi connectivity index (χ1v) is 5.08. The molecule has 1 N–H and O–H groups in total. The Hall–Kier alpha value is -1.36. The van der Waals surface area contributed by atoms with E-state index < -0.39 is 0 Å². The van der Waals surface area contributed by atoms with Crippen molar-refractivity contribution in [3.05, 3.63) is 18.7 Å². The summed E-state index contributed by atoms with van der Waals surface area (Å²) in [5, 5.41) is 3.00. The van der Waals surface area contributed by atoms with Crippen LogP contribution in [0, 0.1) is 0 Å². The molecule has 0 radical (unpaired) electrons. The van der Waals surface area contributed by atoms with Gasteiger partial charge in [-0.3, -0.25) is 4.57 Å². The molecule has 82 valence electrons. The van der Waals surface area contributed by atoms with Crippen LogP contribution in [0.4, 0.5) is 4.79 Å². The van der Waals surface area contributed by atoms with Gasteiger partial charge in [0.1, 0.15) is 6.33 Å². The average Bonchev–Trinajstić information content (AvgIpc) is 2.70. The molecular weight excluding hydrogens is 194 g/mol. The van der Waals surface area contributed by atoms with E-state index >= 15 is 0 Å². The number of amides is 1. The fraction of sp³-hybridized carbons (Fsp3) is 0.600. The molecule has 1 aliphatic rings. The largest absolute Gasteiger partial charge is 0.381 e. The summed E-state index contributed by atoms with van der Waals surface area (Å²) in [5.74, 6) is 0. The fourth-order valence-electron chi connectivity index (χ4n) is 1.65. The van der Waals surface area contributed by atoms with E-state index in [1.807, 2.05) is 6.92 Å². The van der Waals surface area contributed by atoms with Crippen LogP contribution < -0.4 is 5.32 Å². The molecule has 2 heterocycles. The van der Waals surface area contributed by atoms with Gasteiger partial charge >= 0.3 is 6.03 Å². The highest BCUT2D eigenvalue weighted by molar-refractivity contribution is 5.77. The summed E-state index contributed by atoms with van der Waals surface area (Å²) in [7, 11) is 0. The van der Waals surface area contributed by atoms with Gasteiger partial charge in [-0.2, -0.15) is 0 Å². The third kappa shape index (κ3) is 2.36. The molecular formula is C10H15N3O2. The first-order chi connectivity index (χ1) is 7.20. The van der Waals surface area contributed by atoms with E-state index in [4.69, 9.17) is 4.74 Å². The van der Waals surface area contributed by atoms with Crippen LogP contribution in [0.25, 0.3) is 0 Å². The van der Waals surface area contributed by atoms with E-state index in [2.05, 4.69) is 10.3 Å². The lowest BCUT2D eigenvalue weighted by Gasteiger charge is -2.34. The lowest BCUT2D eigenvalue weighted by atomic mass is 9.93. The Bertz CT molecular complexity index is 328. The SMILES string of the molecule is CC1(NC(=O)n2ccnc2)CCOCC1. The number of hydrogen-bond donors (Lipinski definition) is 1. The summed E-state index contributed by atoms with van der Waals surface area (Å²) in [6.07, 6.45) is 6.43. The van der Waals surface area contributed by atoms with Gasteiger partial charge in [-0.05, 0) is 19.8 Å². The summed E-state index contributed by atoms with van der Waals surface area (Å²) >= 11 is 0. The summed E-state index contributed by atoms with van der Waals surface area (Å²) in [6, 6.07) is -0.128. The third-order valence-electron chi connectivity index (χ3n) is 2.74. The summed E-state index contributed by atoms with van der Waals surface area (Å²) in [4.78, 5) is 15.6. The van der Waals surface area contributed by atoms with Gasteiger partial charge in [-0.1, -0.05) is 0 Å². The highest BCUT2D eigenvalue weighted by atomic mass is 16.5. The predicted octanol–water partition coefficient (Wildman–Crippen LogP) is 1.01. The van der Waals surface area contributed by atoms with Crippen molar-refractivity contribution < 1.29 is 9.53 Å². The number of carbonyl (C=O) groups excluding carboxylic acids is 1. The fourth-order valence-corrected chi connectivity index (χ4v) is 1.65. The molecule has 0 atom stereocenters. The Kier molecular flexibility index (Phi) is 2.73. The lowest BCUT2D eigenvalue weighted by molar-refractivity contribution is 0.0493. The van der Waals surface area contributed by atoms with E-state index in [-0.39, 0.29) is 11.6 Å². The molecule has 0 aromatic carbocycles. The molecule has 1 aromatic heterocycles. The van der Waals surface area contributed by atoms with Gasteiger partial charge < -0.3 is 10.1 Å². The van der Waals surface area contributed by atoms with Crippen molar-refractivity contribution in [1.82, 2.24) is 14.9 Å².